The zero-order valence-electron chi connectivity index (χ0n) is 14.4. The van der Waals surface area contributed by atoms with Crippen LogP contribution in [0.2, 0.25) is 0 Å². The first-order valence-electron chi connectivity index (χ1n) is 8.30. The van der Waals surface area contributed by atoms with Crippen molar-refractivity contribution in [3.63, 3.8) is 0 Å². The molecule has 0 atom stereocenters. The standard InChI is InChI=1S/C19H22N4O/c1-12-8-20-19-15(12)6-14(9-21-19)17-7-13-4-5-24-11-16(13)18(22-17)10-23(2)3/h6-9H,4-5,10-11H2,1-3H3,(H,20,21). The molecule has 3 aromatic heterocycles. The first-order chi connectivity index (χ1) is 11.6. The van der Waals surface area contributed by atoms with Gasteiger partial charge in [-0.05, 0) is 50.7 Å². The van der Waals surface area contributed by atoms with Gasteiger partial charge in [-0.25, -0.2) is 4.98 Å². The minimum atomic E-state index is 0.667. The van der Waals surface area contributed by atoms with Gasteiger partial charge in [0.2, 0.25) is 0 Å². The Morgan fingerprint density at radius 2 is 2.17 bits per heavy atom. The number of nitrogens with one attached hydrogen (secondary N) is 1. The summed E-state index contributed by atoms with van der Waals surface area (Å²) in [6.45, 7) is 4.36. The highest BCUT2D eigenvalue weighted by Crippen LogP contribution is 2.28. The van der Waals surface area contributed by atoms with Crippen LogP contribution >= 0.6 is 0 Å². The van der Waals surface area contributed by atoms with Crippen molar-refractivity contribution in [2.24, 2.45) is 0 Å². The van der Waals surface area contributed by atoms with Gasteiger partial charge in [0.15, 0.2) is 0 Å². The van der Waals surface area contributed by atoms with Crippen molar-refractivity contribution in [2.75, 3.05) is 20.7 Å². The topological polar surface area (TPSA) is 54.0 Å². The van der Waals surface area contributed by atoms with E-state index in [1.165, 1.54) is 16.7 Å². The molecule has 5 heteroatoms. The van der Waals surface area contributed by atoms with Gasteiger partial charge in [-0.1, -0.05) is 0 Å². The average Bonchev–Trinajstić information content (AvgIpc) is 2.95. The molecule has 0 spiro atoms. The average molecular weight is 322 g/mol. The number of hydrogen-bond acceptors (Lipinski definition) is 4. The van der Waals surface area contributed by atoms with E-state index in [4.69, 9.17) is 9.72 Å². The second kappa shape index (κ2) is 6.00. The van der Waals surface area contributed by atoms with Crippen LogP contribution < -0.4 is 0 Å². The molecule has 0 amide bonds. The Balaban J connectivity index is 1.85. The monoisotopic (exact) mass is 322 g/mol. The Morgan fingerprint density at radius 3 is 3.00 bits per heavy atom. The molecule has 24 heavy (non-hydrogen) atoms. The van der Waals surface area contributed by atoms with Crippen molar-refractivity contribution >= 4 is 11.0 Å². The van der Waals surface area contributed by atoms with Gasteiger partial charge >= 0.3 is 0 Å². The quantitative estimate of drug-likeness (QED) is 0.805. The number of nitrogens with zero attached hydrogens (tertiary/aromatic N) is 3. The lowest BCUT2D eigenvalue weighted by Gasteiger charge is -2.22. The molecule has 1 aliphatic heterocycles. The number of aryl methyl sites for hydroxylation is 1. The highest BCUT2D eigenvalue weighted by molar-refractivity contribution is 5.83. The molecule has 3 aromatic rings. The van der Waals surface area contributed by atoms with Crippen LogP contribution in [-0.2, 0) is 24.3 Å². The number of rotatable bonds is 3. The summed E-state index contributed by atoms with van der Waals surface area (Å²) < 4.78 is 5.65. The number of H-pyrrole nitrogens is 1. The number of aromatic amines is 1. The van der Waals surface area contributed by atoms with Gasteiger partial charge < -0.3 is 14.6 Å². The summed E-state index contributed by atoms with van der Waals surface area (Å²) in [5.41, 5.74) is 7.93. The summed E-state index contributed by atoms with van der Waals surface area (Å²) in [4.78, 5) is 14.8. The molecular weight excluding hydrogens is 300 g/mol. The molecule has 0 fully saturated rings. The van der Waals surface area contributed by atoms with Gasteiger partial charge in [-0.3, -0.25) is 4.98 Å². The SMILES string of the molecule is Cc1c[nH]c2ncc(-c3cc4c(c(CN(C)C)n3)COCC4)cc12. The maximum atomic E-state index is 5.65. The second-order valence-electron chi connectivity index (χ2n) is 6.72. The van der Waals surface area contributed by atoms with Crippen molar-refractivity contribution in [2.45, 2.75) is 26.5 Å². The number of pyridine rings is 2. The summed E-state index contributed by atoms with van der Waals surface area (Å²) in [7, 11) is 4.14. The van der Waals surface area contributed by atoms with Crippen LogP contribution in [0.4, 0.5) is 0 Å². The van der Waals surface area contributed by atoms with Crippen molar-refractivity contribution in [3.05, 3.63) is 46.9 Å². The molecular formula is C19H22N4O. The molecule has 0 aliphatic carbocycles. The summed E-state index contributed by atoms with van der Waals surface area (Å²) in [5.74, 6) is 0. The van der Waals surface area contributed by atoms with Crippen molar-refractivity contribution < 1.29 is 4.74 Å². The Morgan fingerprint density at radius 1 is 1.29 bits per heavy atom. The van der Waals surface area contributed by atoms with E-state index < -0.39 is 0 Å². The second-order valence-corrected chi connectivity index (χ2v) is 6.72. The molecule has 4 rings (SSSR count). The lowest BCUT2D eigenvalue weighted by Crippen LogP contribution is -2.19. The number of ether oxygens (including phenoxy) is 1. The minimum absolute atomic E-state index is 0.667. The van der Waals surface area contributed by atoms with Gasteiger partial charge in [0.05, 0.1) is 24.6 Å². The largest absolute Gasteiger partial charge is 0.376 e. The molecule has 1 aliphatic rings. The van der Waals surface area contributed by atoms with Crippen LogP contribution in [0.25, 0.3) is 22.3 Å². The van der Waals surface area contributed by atoms with Crippen molar-refractivity contribution in [3.8, 4) is 11.3 Å². The van der Waals surface area contributed by atoms with Crippen molar-refractivity contribution in [1.82, 2.24) is 19.9 Å². The first-order valence-corrected chi connectivity index (χ1v) is 8.30. The van der Waals surface area contributed by atoms with E-state index in [0.29, 0.717) is 6.61 Å². The van der Waals surface area contributed by atoms with Crippen LogP contribution in [0, 0.1) is 6.92 Å². The van der Waals surface area contributed by atoms with Gasteiger partial charge in [-0.2, -0.15) is 0 Å². The van der Waals surface area contributed by atoms with E-state index in [1.54, 1.807) is 0 Å². The van der Waals surface area contributed by atoms with Crippen molar-refractivity contribution in [1.29, 1.82) is 0 Å². The molecule has 0 aromatic carbocycles. The van der Waals surface area contributed by atoms with Gasteiger partial charge in [0.1, 0.15) is 5.65 Å². The summed E-state index contributed by atoms with van der Waals surface area (Å²) in [5, 5.41) is 1.16. The molecule has 0 radical (unpaired) electrons. The molecule has 4 heterocycles. The van der Waals surface area contributed by atoms with Gasteiger partial charge in [0.25, 0.3) is 0 Å². The van der Waals surface area contributed by atoms with E-state index in [0.717, 1.165) is 47.6 Å². The molecule has 0 saturated heterocycles. The number of fused-ring (bicyclic) bond motifs is 2. The summed E-state index contributed by atoms with van der Waals surface area (Å²) in [6.07, 6.45) is 4.85. The van der Waals surface area contributed by atoms with E-state index in [1.807, 2.05) is 12.4 Å². The summed E-state index contributed by atoms with van der Waals surface area (Å²) in [6, 6.07) is 4.39. The minimum Gasteiger partial charge on any atom is -0.376 e. The number of hydrogen-bond donors (Lipinski definition) is 1. The third-order valence-corrected chi connectivity index (χ3v) is 4.56. The Labute approximate surface area is 141 Å². The normalized spacial score (nSPS) is 14.3. The first kappa shape index (κ1) is 15.3. The van der Waals surface area contributed by atoms with E-state index >= 15 is 0 Å². The third-order valence-electron chi connectivity index (χ3n) is 4.56. The lowest BCUT2D eigenvalue weighted by atomic mass is 9.98. The van der Waals surface area contributed by atoms with Crippen LogP contribution in [0.5, 0.6) is 0 Å². The lowest BCUT2D eigenvalue weighted by molar-refractivity contribution is 0.109. The van der Waals surface area contributed by atoms with Crippen LogP contribution in [0.3, 0.4) is 0 Å². The van der Waals surface area contributed by atoms with Gasteiger partial charge in [-0.15, -0.1) is 0 Å². The molecule has 0 bridgehead atoms. The predicted octanol–water partition coefficient (Wildman–Crippen LogP) is 3.07. The van der Waals surface area contributed by atoms with Crippen LogP contribution in [-0.4, -0.2) is 40.6 Å². The van der Waals surface area contributed by atoms with E-state index in [2.05, 4.69) is 48.0 Å². The Hall–Kier alpha value is -2.24. The fourth-order valence-electron chi connectivity index (χ4n) is 3.29. The van der Waals surface area contributed by atoms with E-state index in [9.17, 15) is 0 Å². The fraction of sp³-hybridized carbons (Fsp3) is 0.368. The molecule has 0 unspecified atom stereocenters. The van der Waals surface area contributed by atoms with E-state index in [-0.39, 0.29) is 0 Å². The fourth-order valence-corrected chi connectivity index (χ4v) is 3.29. The Kier molecular flexibility index (Phi) is 3.82. The smallest absolute Gasteiger partial charge is 0.137 e. The predicted molar refractivity (Wildman–Crippen MR) is 94.8 cm³/mol. The summed E-state index contributed by atoms with van der Waals surface area (Å²) >= 11 is 0. The maximum Gasteiger partial charge on any atom is 0.137 e. The van der Waals surface area contributed by atoms with Crippen LogP contribution in [0.1, 0.15) is 22.4 Å². The molecule has 0 saturated carbocycles. The highest BCUT2D eigenvalue weighted by atomic mass is 16.5. The Bertz CT molecular complexity index is 898. The van der Waals surface area contributed by atoms with Crippen LogP contribution in [0.15, 0.2) is 24.5 Å². The number of aromatic nitrogens is 3. The highest BCUT2D eigenvalue weighted by Gasteiger charge is 2.18. The third kappa shape index (κ3) is 2.70. The zero-order chi connectivity index (χ0) is 16.7. The molecule has 1 N–H and O–H groups in total. The van der Waals surface area contributed by atoms with Gasteiger partial charge in [0, 0.05) is 35.5 Å². The molecule has 124 valence electrons. The zero-order valence-corrected chi connectivity index (χ0v) is 14.4. The molecule has 5 nitrogen and oxygen atoms in total. The maximum absolute atomic E-state index is 5.65.